The summed E-state index contributed by atoms with van der Waals surface area (Å²) < 4.78 is 35.4. The molecule has 0 aliphatic rings. The van der Waals surface area contributed by atoms with Gasteiger partial charge in [0.2, 0.25) is 0 Å². The molecule has 0 unspecified atom stereocenters. The first-order chi connectivity index (χ1) is 15.5. The lowest BCUT2D eigenvalue weighted by Crippen LogP contribution is -2.51. The molecule has 0 aliphatic carbocycles. The zero-order valence-corrected chi connectivity index (χ0v) is 20.0. The maximum atomic E-state index is 6.27. The average molecular weight is 455 g/mol. The molecule has 170 valence electrons. The molecule has 0 aliphatic heterocycles. The van der Waals surface area contributed by atoms with E-state index in [9.17, 15) is 0 Å². The van der Waals surface area contributed by atoms with Crippen molar-refractivity contribution < 1.29 is 27.5 Å². The van der Waals surface area contributed by atoms with Crippen LogP contribution in [0.5, 0.6) is 34.5 Å². The molecule has 32 heavy (non-hydrogen) atoms. The van der Waals surface area contributed by atoms with Crippen molar-refractivity contribution in [3.8, 4) is 34.5 Å². The third-order valence-corrected chi connectivity index (χ3v) is 6.13. The molecular formula is C25H30O6Si. The van der Waals surface area contributed by atoms with Crippen molar-refractivity contribution in [2.24, 2.45) is 0 Å². The summed E-state index contributed by atoms with van der Waals surface area (Å²) in [5, 5.41) is 0. The van der Waals surface area contributed by atoms with E-state index in [2.05, 4.69) is 0 Å². The van der Waals surface area contributed by atoms with Crippen LogP contribution in [-0.4, -0.2) is 28.6 Å². The van der Waals surface area contributed by atoms with Crippen LogP contribution in [0.15, 0.2) is 72.8 Å². The summed E-state index contributed by atoms with van der Waals surface area (Å²) in [5.41, 5.74) is 0. The monoisotopic (exact) mass is 454 g/mol. The molecule has 3 aromatic carbocycles. The molecule has 0 saturated carbocycles. The molecule has 0 heterocycles. The van der Waals surface area contributed by atoms with Gasteiger partial charge in [0.15, 0.2) is 0 Å². The standard InChI is InChI=1S/C25H30O6Si/c1-5-26-20-8-14-23(15-9-20)29-32(4,30-24-16-10-21(11-17-24)27-6-2)31-25-18-12-22(13-19-25)28-7-3/h8-19H,5-7H2,1-4H3. The van der Waals surface area contributed by atoms with E-state index >= 15 is 0 Å². The van der Waals surface area contributed by atoms with E-state index in [1.165, 1.54) is 0 Å². The maximum Gasteiger partial charge on any atom is 0.696 e. The predicted octanol–water partition coefficient (Wildman–Crippen LogP) is 5.99. The van der Waals surface area contributed by atoms with Crippen LogP contribution in [0, 0.1) is 0 Å². The van der Waals surface area contributed by atoms with Gasteiger partial charge in [0.25, 0.3) is 0 Å². The van der Waals surface area contributed by atoms with Gasteiger partial charge in [-0.3, -0.25) is 0 Å². The molecule has 0 atom stereocenters. The number of hydrogen-bond donors (Lipinski definition) is 0. The second-order valence-electron chi connectivity index (χ2n) is 6.88. The second kappa shape index (κ2) is 11.3. The minimum absolute atomic E-state index is 0.606. The number of ether oxygens (including phenoxy) is 3. The van der Waals surface area contributed by atoms with E-state index < -0.39 is 8.80 Å². The SMILES string of the molecule is CCOc1ccc(O[Si](C)(Oc2ccc(OCC)cc2)Oc2ccc(OCC)cc2)cc1. The molecule has 6 nitrogen and oxygen atoms in total. The zero-order valence-electron chi connectivity index (χ0n) is 19.0. The fourth-order valence-electron chi connectivity index (χ4n) is 3.02. The Hall–Kier alpha value is -3.32. The van der Waals surface area contributed by atoms with Crippen molar-refractivity contribution in [2.45, 2.75) is 27.3 Å². The lowest BCUT2D eigenvalue weighted by atomic mass is 10.3. The van der Waals surface area contributed by atoms with Crippen molar-refractivity contribution in [3.05, 3.63) is 72.8 Å². The van der Waals surface area contributed by atoms with E-state index in [-0.39, 0.29) is 0 Å². The predicted molar refractivity (Wildman–Crippen MR) is 126 cm³/mol. The number of hydrogen-bond acceptors (Lipinski definition) is 6. The summed E-state index contributed by atoms with van der Waals surface area (Å²) in [6.45, 7) is 9.52. The molecule has 7 heteroatoms. The maximum absolute atomic E-state index is 6.27. The van der Waals surface area contributed by atoms with Gasteiger partial charge in [-0.05, 0) is 93.6 Å². The Kier molecular flexibility index (Phi) is 8.27. The molecule has 0 N–H and O–H groups in total. The van der Waals surface area contributed by atoms with Gasteiger partial charge in [-0.15, -0.1) is 0 Å². The minimum Gasteiger partial charge on any atom is -0.494 e. The molecule has 3 aromatic rings. The van der Waals surface area contributed by atoms with Crippen LogP contribution < -0.4 is 27.5 Å². The molecule has 0 radical (unpaired) electrons. The van der Waals surface area contributed by atoms with Gasteiger partial charge in [0.05, 0.1) is 19.8 Å². The van der Waals surface area contributed by atoms with Crippen molar-refractivity contribution in [2.75, 3.05) is 19.8 Å². The topological polar surface area (TPSA) is 55.4 Å². The van der Waals surface area contributed by atoms with Gasteiger partial charge in [-0.2, -0.15) is 0 Å². The smallest absolute Gasteiger partial charge is 0.494 e. The fraction of sp³-hybridized carbons (Fsp3) is 0.280. The third kappa shape index (κ3) is 6.85. The fourth-order valence-corrected chi connectivity index (χ4v) is 4.83. The van der Waals surface area contributed by atoms with Crippen LogP contribution >= 0.6 is 0 Å². The van der Waals surface area contributed by atoms with Gasteiger partial charge in [0, 0.05) is 6.55 Å². The van der Waals surface area contributed by atoms with Gasteiger partial charge in [0.1, 0.15) is 34.5 Å². The Morgan fingerprint density at radius 1 is 0.438 bits per heavy atom. The van der Waals surface area contributed by atoms with Crippen LogP contribution in [0.1, 0.15) is 20.8 Å². The van der Waals surface area contributed by atoms with E-state index in [1.54, 1.807) is 0 Å². The van der Waals surface area contributed by atoms with E-state index in [0.29, 0.717) is 37.1 Å². The van der Waals surface area contributed by atoms with Gasteiger partial charge < -0.3 is 27.5 Å². The quantitative estimate of drug-likeness (QED) is 0.313. The largest absolute Gasteiger partial charge is 0.696 e. The zero-order chi connectivity index (χ0) is 22.8. The van der Waals surface area contributed by atoms with Crippen LogP contribution in [0.25, 0.3) is 0 Å². The lowest BCUT2D eigenvalue weighted by Gasteiger charge is -2.27. The molecular weight excluding hydrogens is 424 g/mol. The summed E-state index contributed by atoms with van der Waals surface area (Å²) in [7, 11) is -3.20. The summed E-state index contributed by atoms with van der Waals surface area (Å²) >= 11 is 0. The van der Waals surface area contributed by atoms with Gasteiger partial charge in [-0.25, -0.2) is 0 Å². The molecule has 0 saturated heterocycles. The Morgan fingerprint density at radius 3 is 0.875 bits per heavy atom. The summed E-state index contributed by atoms with van der Waals surface area (Å²) in [6.07, 6.45) is 0. The van der Waals surface area contributed by atoms with Crippen molar-refractivity contribution in [3.63, 3.8) is 0 Å². The normalized spacial score (nSPS) is 10.9. The summed E-state index contributed by atoms with van der Waals surface area (Å²) in [4.78, 5) is 0. The molecule has 0 spiro atoms. The van der Waals surface area contributed by atoms with Crippen LogP contribution in [0.2, 0.25) is 6.55 Å². The van der Waals surface area contributed by atoms with Crippen molar-refractivity contribution in [1.29, 1.82) is 0 Å². The summed E-state index contributed by atoms with van der Waals surface area (Å²) in [6, 6.07) is 22.3. The molecule has 3 rings (SSSR count). The first-order valence-electron chi connectivity index (χ1n) is 10.8. The second-order valence-corrected chi connectivity index (χ2v) is 9.22. The van der Waals surface area contributed by atoms with E-state index in [0.717, 1.165) is 17.2 Å². The number of benzene rings is 3. The highest BCUT2D eigenvalue weighted by molar-refractivity contribution is 6.61. The van der Waals surface area contributed by atoms with Gasteiger partial charge >= 0.3 is 8.80 Å². The first kappa shape index (κ1) is 23.3. The Labute approximate surface area is 191 Å². The highest BCUT2D eigenvalue weighted by Crippen LogP contribution is 2.27. The van der Waals surface area contributed by atoms with Crippen molar-refractivity contribution >= 4 is 8.80 Å². The molecule has 0 amide bonds. The minimum atomic E-state index is -3.20. The summed E-state index contributed by atoms with van der Waals surface area (Å²) in [5.74, 6) is 4.26. The van der Waals surface area contributed by atoms with E-state index in [1.807, 2.05) is 100 Å². The highest BCUT2D eigenvalue weighted by atomic mass is 28.4. The Balaban J connectivity index is 1.81. The average Bonchev–Trinajstić information content (AvgIpc) is 2.78. The lowest BCUT2D eigenvalue weighted by molar-refractivity contribution is 0.270. The Bertz CT molecular complexity index is 816. The highest BCUT2D eigenvalue weighted by Gasteiger charge is 2.43. The molecule has 0 aromatic heterocycles. The van der Waals surface area contributed by atoms with E-state index in [4.69, 9.17) is 27.5 Å². The third-order valence-electron chi connectivity index (χ3n) is 4.31. The first-order valence-corrected chi connectivity index (χ1v) is 13.0. The van der Waals surface area contributed by atoms with Crippen LogP contribution in [0.3, 0.4) is 0 Å². The van der Waals surface area contributed by atoms with Crippen LogP contribution in [0.4, 0.5) is 0 Å². The Morgan fingerprint density at radius 2 is 0.656 bits per heavy atom. The molecule has 0 fully saturated rings. The number of rotatable bonds is 12. The molecule has 0 bridgehead atoms. The van der Waals surface area contributed by atoms with Crippen LogP contribution in [-0.2, 0) is 0 Å². The van der Waals surface area contributed by atoms with Crippen molar-refractivity contribution in [1.82, 2.24) is 0 Å². The van der Waals surface area contributed by atoms with Gasteiger partial charge in [-0.1, -0.05) is 0 Å².